The average molecular weight is 264 g/mol. The van der Waals surface area contributed by atoms with Crippen LogP contribution in [0.1, 0.15) is 20.8 Å². The standard InChI is InChI=1S/C11H20O7/c1-6(12)9(15)10-7(4-16-5-8(13)14)17-11(2,3)18-10/h6-7,9-10,12,15H,4-5H2,1-3H3,(H,13,14). The molecule has 0 aliphatic carbocycles. The maximum absolute atomic E-state index is 10.3. The molecular formula is C11H20O7. The molecule has 4 unspecified atom stereocenters. The maximum atomic E-state index is 10.3. The van der Waals surface area contributed by atoms with Crippen LogP contribution in [0.3, 0.4) is 0 Å². The Balaban J connectivity index is 2.59. The first-order valence-corrected chi connectivity index (χ1v) is 5.74. The number of ether oxygens (including phenoxy) is 3. The van der Waals surface area contributed by atoms with Gasteiger partial charge in [-0.2, -0.15) is 0 Å². The van der Waals surface area contributed by atoms with Gasteiger partial charge in [0.1, 0.15) is 24.9 Å². The van der Waals surface area contributed by atoms with E-state index in [1.165, 1.54) is 6.92 Å². The van der Waals surface area contributed by atoms with E-state index < -0.39 is 42.8 Å². The van der Waals surface area contributed by atoms with Gasteiger partial charge in [0.05, 0.1) is 12.7 Å². The number of aliphatic hydroxyl groups excluding tert-OH is 2. The molecular weight excluding hydrogens is 244 g/mol. The zero-order valence-electron chi connectivity index (χ0n) is 10.7. The molecule has 1 aliphatic rings. The SMILES string of the molecule is CC(O)C(O)C1OC(C)(C)OC1COCC(=O)O. The number of aliphatic carboxylic acids is 1. The van der Waals surface area contributed by atoms with Crippen molar-refractivity contribution in [2.24, 2.45) is 0 Å². The fourth-order valence-corrected chi connectivity index (χ4v) is 1.82. The monoisotopic (exact) mass is 264 g/mol. The van der Waals surface area contributed by atoms with Crippen LogP contribution in [0.2, 0.25) is 0 Å². The third kappa shape index (κ3) is 4.18. The van der Waals surface area contributed by atoms with Gasteiger partial charge >= 0.3 is 5.97 Å². The Morgan fingerprint density at radius 3 is 2.50 bits per heavy atom. The highest BCUT2D eigenvalue weighted by Crippen LogP contribution is 2.31. The molecule has 0 aromatic rings. The molecule has 0 aromatic heterocycles. The van der Waals surface area contributed by atoms with Crippen LogP contribution in [-0.4, -0.2) is 64.7 Å². The third-order valence-corrected chi connectivity index (χ3v) is 2.56. The number of hydrogen-bond acceptors (Lipinski definition) is 6. The molecule has 18 heavy (non-hydrogen) atoms. The van der Waals surface area contributed by atoms with E-state index in [0.29, 0.717) is 0 Å². The van der Waals surface area contributed by atoms with Gasteiger partial charge in [0.15, 0.2) is 5.79 Å². The number of aliphatic hydroxyl groups is 2. The van der Waals surface area contributed by atoms with Crippen molar-refractivity contribution < 1.29 is 34.3 Å². The van der Waals surface area contributed by atoms with Crippen molar-refractivity contribution in [1.29, 1.82) is 0 Å². The molecule has 0 radical (unpaired) electrons. The second kappa shape index (κ2) is 5.94. The largest absolute Gasteiger partial charge is 0.480 e. The first kappa shape index (κ1) is 15.3. The summed E-state index contributed by atoms with van der Waals surface area (Å²) in [6.45, 7) is 4.31. The molecule has 3 N–H and O–H groups in total. The van der Waals surface area contributed by atoms with Gasteiger partial charge in [-0.25, -0.2) is 4.79 Å². The van der Waals surface area contributed by atoms with E-state index in [1.54, 1.807) is 13.8 Å². The van der Waals surface area contributed by atoms with Crippen LogP contribution >= 0.6 is 0 Å². The van der Waals surface area contributed by atoms with E-state index in [2.05, 4.69) is 0 Å². The topological polar surface area (TPSA) is 105 Å². The van der Waals surface area contributed by atoms with Crippen molar-refractivity contribution >= 4 is 5.97 Å². The molecule has 1 aliphatic heterocycles. The smallest absolute Gasteiger partial charge is 0.329 e. The molecule has 1 saturated heterocycles. The van der Waals surface area contributed by atoms with Gasteiger partial charge in [-0.3, -0.25) is 0 Å². The Morgan fingerprint density at radius 1 is 1.39 bits per heavy atom. The summed E-state index contributed by atoms with van der Waals surface area (Å²) < 4.78 is 15.9. The van der Waals surface area contributed by atoms with Crippen LogP contribution in [0.25, 0.3) is 0 Å². The van der Waals surface area contributed by atoms with E-state index in [-0.39, 0.29) is 6.61 Å². The lowest BCUT2D eigenvalue weighted by Gasteiger charge is -2.24. The van der Waals surface area contributed by atoms with Gasteiger partial charge in [-0.05, 0) is 20.8 Å². The molecule has 0 saturated carbocycles. The molecule has 0 bridgehead atoms. The number of carboxylic acid groups (broad SMARTS) is 1. The summed E-state index contributed by atoms with van der Waals surface area (Å²) in [5.74, 6) is -1.99. The predicted molar refractivity (Wildman–Crippen MR) is 60.0 cm³/mol. The molecule has 7 nitrogen and oxygen atoms in total. The van der Waals surface area contributed by atoms with Crippen molar-refractivity contribution in [3.05, 3.63) is 0 Å². The fourth-order valence-electron chi connectivity index (χ4n) is 1.82. The van der Waals surface area contributed by atoms with Crippen molar-refractivity contribution in [3.63, 3.8) is 0 Å². The van der Waals surface area contributed by atoms with E-state index in [1.807, 2.05) is 0 Å². The van der Waals surface area contributed by atoms with Crippen LogP contribution in [0, 0.1) is 0 Å². The minimum Gasteiger partial charge on any atom is -0.480 e. The lowest BCUT2D eigenvalue weighted by Crippen LogP contribution is -2.43. The first-order chi connectivity index (χ1) is 8.23. The van der Waals surface area contributed by atoms with Crippen molar-refractivity contribution in [2.75, 3.05) is 13.2 Å². The Kier molecular flexibility index (Phi) is 5.06. The van der Waals surface area contributed by atoms with Crippen LogP contribution in [0.5, 0.6) is 0 Å². The average Bonchev–Trinajstić information content (AvgIpc) is 2.52. The molecule has 0 amide bonds. The summed E-state index contributed by atoms with van der Waals surface area (Å²) in [4.78, 5) is 10.3. The van der Waals surface area contributed by atoms with Crippen LogP contribution in [-0.2, 0) is 19.0 Å². The minimum absolute atomic E-state index is 0.0236. The molecule has 0 aromatic carbocycles. The summed E-state index contributed by atoms with van der Waals surface area (Å²) in [5.41, 5.74) is 0. The van der Waals surface area contributed by atoms with E-state index in [0.717, 1.165) is 0 Å². The highest BCUT2D eigenvalue weighted by molar-refractivity contribution is 5.67. The Bertz CT molecular complexity index is 289. The first-order valence-electron chi connectivity index (χ1n) is 5.74. The summed E-state index contributed by atoms with van der Waals surface area (Å²) in [6.07, 6.45) is -3.47. The van der Waals surface area contributed by atoms with Crippen molar-refractivity contribution in [3.8, 4) is 0 Å². The van der Waals surface area contributed by atoms with Crippen LogP contribution in [0.4, 0.5) is 0 Å². The highest BCUT2D eigenvalue weighted by Gasteiger charge is 2.46. The minimum atomic E-state index is -1.12. The lowest BCUT2D eigenvalue weighted by molar-refractivity contribution is -0.163. The Labute approximate surface area is 105 Å². The highest BCUT2D eigenvalue weighted by atomic mass is 16.8. The van der Waals surface area contributed by atoms with Crippen LogP contribution < -0.4 is 0 Å². The zero-order valence-corrected chi connectivity index (χ0v) is 10.7. The predicted octanol–water partition coefficient (Wildman–Crippen LogP) is -0.651. The summed E-state index contributed by atoms with van der Waals surface area (Å²) in [6, 6.07) is 0. The number of rotatable bonds is 6. The summed E-state index contributed by atoms with van der Waals surface area (Å²) >= 11 is 0. The molecule has 106 valence electrons. The molecule has 1 fully saturated rings. The summed E-state index contributed by atoms with van der Waals surface area (Å²) in [5, 5.41) is 27.6. The van der Waals surface area contributed by atoms with Crippen molar-refractivity contribution in [2.45, 2.75) is 51.0 Å². The second-order valence-corrected chi connectivity index (χ2v) is 4.78. The van der Waals surface area contributed by atoms with Crippen LogP contribution in [0.15, 0.2) is 0 Å². The van der Waals surface area contributed by atoms with Gasteiger partial charge in [0, 0.05) is 0 Å². The zero-order chi connectivity index (χ0) is 13.9. The number of hydrogen-bond donors (Lipinski definition) is 3. The summed E-state index contributed by atoms with van der Waals surface area (Å²) in [7, 11) is 0. The van der Waals surface area contributed by atoms with Crippen molar-refractivity contribution in [1.82, 2.24) is 0 Å². The molecule has 1 heterocycles. The van der Waals surface area contributed by atoms with E-state index >= 15 is 0 Å². The van der Waals surface area contributed by atoms with Gasteiger partial charge in [0.2, 0.25) is 0 Å². The third-order valence-electron chi connectivity index (χ3n) is 2.56. The molecule has 7 heteroatoms. The maximum Gasteiger partial charge on any atom is 0.329 e. The van der Waals surface area contributed by atoms with E-state index in [4.69, 9.17) is 19.3 Å². The number of carboxylic acids is 1. The normalized spacial score (nSPS) is 30.1. The Morgan fingerprint density at radius 2 is 2.00 bits per heavy atom. The van der Waals surface area contributed by atoms with Gasteiger partial charge < -0.3 is 29.5 Å². The molecule has 4 atom stereocenters. The fraction of sp³-hybridized carbons (Fsp3) is 0.909. The van der Waals surface area contributed by atoms with Gasteiger partial charge in [-0.1, -0.05) is 0 Å². The number of carbonyl (C=O) groups is 1. The quantitative estimate of drug-likeness (QED) is 0.585. The molecule has 0 spiro atoms. The second-order valence-electron chi connectivity index (χ2n) is 4.78. The lowest BCUT2D eigenvalue weighted by atomic mass is 10.0. The molecule has 1 rings (SSSR count). The Hall–Kier alpha value is -0.730. The van der Waals surface area contributed by atoms with Gasteiger partial charge in [0.25, 0.3) is 0 Å². The van der Waals surface area contributed by atoms with Gasteiger partial charge in [-0.15, -0.1) is 0 Å². The van der Waals surface area contributed by atoms with E-state index in [9.17, 15) is 15.0 Å².